The average molecular weight is 249 g/mol. The number of methoxy groups -OCH3 is 1. The molecule has 1 aliphatic rings. The van der Waals surface area contributed by atoms with E-state index >= 15 is 0 Å². The van der Waals surface area contributed by atoms with Gasteiger partial charge in [0.2, 0.25) is 0 Å². The summed E-state index contributed by atoms with van der Waals surface area (Å²) in [5.74, 6) is -0.934. The van der Waals surface area contributed by atoms with E-state index in [2.05, 4.69) is 6.58 Å². The van der Waals surface area contributed by atoms with Crippen LogP contribution >= 0.6 is 0 Å². The summed E-state index contributed by atoms with van der Waals surface area (Å²) >= 11 is 0. The molecule has 0 aromatic heterocycles. The van der Waals surface area contributed by atoms with Crippen LogP contribution in [-0.4, -0.2) is 29.2 Å². The third kappa shape index (κ3) is 2.38. The Balaban J connectivity index is 3.45. The molecule has 1 unspecified atom stereocenters. The van der Waals surface area contributed by atoms with Crippen molar-refractivity contribution in [2.24, 2.45) is 0 Å². The number of aliphatic carboxylic acids is 1. The highest BCUT2D eigenvalue weighted by atomic mass is 16.5. The summed E-state index contributed by atoms with van der Waals surface area (Å²) in [6.45, 7) is 9.30. The van der Waals surface area contributed by atoms with Crippen molar-refractivity contribution in [2.45, 2.75) is 26.9 Å². The van der Waals surface area contributed by atoms with Gasteiger partial charge >= 0.3 is 5.97 Å². The summed E-state index contributed by atoms with van der Waals surface area (Å²) in [6.07, 6.45) is 4.95. The zero-order valence-corrected chi connectivity index (χ0v) is 11.2. The van der Waals surface area contributed by atoms with E-state index in [0.29, 0.717) is 11.1 Å². The van der Waals surface area contributed by atoms with Gasteiger partial charge in [-0.05, 0) is 32.4 Å². The molecule has 4 nitrogen and oxygen atoms in total. The van der Waals surface area contributed by atoms with Gasteiger partial charge in [-0.1, -0.05) is 12.7 Å². The molecule has 1 atom stereocenters. The van der Waals surface area contributed by atoms with Gasteiger partial charge in [0.05, 0.1) is 17.4 Å². The first kappa shape index (κ1) is 14.3. The topological polar surface area (TPSA) is 49.8 Å². The molecular formula is C14H19NO3. The molecule has 1 N–H and O–H groups in total. The Morgan fingerprint density at radius 2 is 2.22 bits per heavy atom. The molecule has 98 valence electrons. The fourth-order valence-corrected chi connectivity index (χ4v) is 2.04. The van der Waals surface area contributed by atoms with Crippen LogP contribution in [0.2, 0.25) is 0 Å². The van der Waals surface area contributed by atoms with Crippen molar-refractivity contribution in [3.05, 3.63) is 47.5 Å². The zero-order chi connectivity index (χ0) is 13.9. The fourth-order valence-electron chi connectivity index (χ4n) is 2.04. The van der Waals surface area contributed by atoms with Crippen molar-refractivity contribution in [1.29, 1.82) is 0 Å². The molecule has 0 aliphatic carbocycles. The number of ether oxygens (including phenoxy) is 1. The summed E-state index contributed by atoms with van der Waals surface area (Å²) in [7, 11) is 1.60. The Labute approximate surface area is 108 Å². The highest BCUT2D eigenvalue weighted by molar-refractivity contribution is 5.93. The lowest BCUT2D eigenvalue weighted by Crippen LogP contribution is -2.30. The molecule has 0 radical (unpaired) electrons. The van der Waals surface area contributed by atoms with Gasteiger partial charge in [-0.25, -0.2) is 4.79 Å². The maximum Gasteiger partial charge on any atom is 0.336 e. The Morgan fingerprint density at radius 1 is 1.61 bits per heavy atom. The number of carboxylic acids is 1. The van der Waals surface area contributed by atoms with Crippen molar-refractivity contribution in [3.63, 3.8) is 0 Å². The molecule has 18 heavy (non-hydrogen) atoms. The van der Waals surface area contributed by atoms with Crippen LogP contribution in [0.3, 0.4) is 0 Å². The van der Waals surface area contributed by atoms with Crippen LogP contribution in [0.5, 0.6) is 0 Å². The monoisotopic (exact) mass is 249 g/mol. The number of hydrogen-bond acceptors (Lipinski definition) is 3. The number of nitrogens with zero attached hydrogens (tertiary/aromatic N) is 1. The molecule has 0 saturated heterocycles. The molecule has 0 saturated carbocycles. The number of carbonyl (C=O) groups is 1. The Bertz CT molecular complexity index is 458. The molecule has 0 aromatic rings. The standard InChI is InChI=1S/C14H19NO3/c1-6-11-8-12(14(16)17)9(3)13(10(4)18-5)15(11)7-2/h6-8,10H,2H2,1,3-5H3,(H,16,17)/b11-6-. The number of allylic oxidation sites excluding steroid dienone is 2. The Morgan fingerprint density at radius 3 is 2.61 bits per heavy atom. The first-order valence-corrected chi connectivity index (χ1v) is 5.74. The molecule has 0 bridgehead atoms. The first-order chi connectivity index (χ1) is 8.47. The molecule has 0 fully saturated rings. The quantitative estimate of drug-likeness (QED) is 0.832. The maximum absolute atomic E-state index is 11.3. The average Bonchev–Trinajstić information content (AvgIpc) is 2.36. The van der Waals surface area contributed by atoms with Crippen molar-refractivity contribution in [2.75, 3.05) is 7.11 Å². The van der Waals surface area contributed by atoms with Gasteiger partial charge < -0.3 is 14.7 Å². The van der Waals surface area contributed by atoms with Crippen LogP contribution in [0.25, 0.3) is 0 Å². The second-order valence-corrected chi connectivity index (χ2v) is 4.02. The van der Waals surface area contributed by atoms with Crippen LogP contribution in [0, 0.1) is 0 Å². The van der Waals surface area contributed by atoms with Gasteiger partial charge in [0.15, 0.2) is 0 Å². The molecular weight excluding hydrogens is 230 g/mol. The van der Waals surface area contributed by atoms with E-state index in [1.54, 1.807) is 26.3 Å². The molecule has 0 aromatic carbocycles. The van der Waals surface area contributed by atoms with Crippen molar-refractivity contribution < 1.29 is 14.6 Å². The maximum atomic E-state index is 11.3. The lowest BCUT2D eigenvalue weighted by Gasteiger charge is -2.33. The minimum Gasteiger partial charge on any atom is -0.478 e. The third-order valence-electron chi connectivity index (χ3n) is 3.07. The van der Waals surface area contributed by atoms with Crippen molar-refractivity contribution >= 4 is 5.97 Å². The second-order valence-electron chi connectivity index (χ2n) is 4.02. The van der Waals surface area contributed by atoms with Gasteiger partial charge in [0.1, 0.15) is 0 Å². The fraction of sp³-hybridized carbons (Fsp3) is 0.357. The van der Waals surface area contributed by atoms with E-state index < -0.39 is 5.97 Å². The smallest absolute Gasteiger partial charge is 0.336 e. The summed E-state index contributed by atoms with van der Waals surface area (Å²) in [5.41, 5.74) is 2.58. The van der Waals surface area contributed by atoms with Crippen LogP contribution in [0.1, 0.15) is 20.8 Å². The van der Waals surface area contributed by atoms with E-state index in [-0.39, 0.29) is 6.10 Å². The molecule has 4 heteroatoms. The molecule has 1 aliphatic heterocycles. The SMILES string of the molecule is C=CN1C(C(C)OC)=C(C)C(C(=O)O)=C/C1=C/C. The van der Waals surface area contributed by atoms with Gasteiger partial charge in [-0.2, -0.15) is 0 Å². The lowest BCUT2D eigenvalue weighted by atomic mass is 9.96. The van der Waals surface area contributed by atoms with Crippen LogP contribution in [-0.2, 0) is 9.53 Å². The number of carboxylic acid groups (broad SMARTS) is 1. The van der Waals surface area contributed by atoms with Crippen LogP contribution in [0.4, 0.5) is 0 Å². The van der Waals surface area contributed by atoms with Gasteiger partial charge in [-0.3, -0.25) is 0 Å². The summed E-state index contributed by atoms with van der Waals surface area (Å²) in [5, 5.41) is 9.24. The Hall–Kier alpha value is -1.81. The van der Waals surface area contributed by atoms with Gasteiger partial charge in [-0.15, -0.1) is 0 Å². The normalized spacial score (nSPS) is 19.9. The molecule has 0 amide bonds. The second kappa shape index (κ2) is 5.69. The first-order valence-electron chi connectivity index (χ1n) is 5.74. The zero-order valence-electron chi connectivity index (χ0n) is 11.2. The summed E-state index contributed by atoms with van der Waals surface area (Å²) in [6, 6.07) is 0. The van der Waals surface area contributed by atoms with Gasteiger partial charge in [0, 0.05) is 19.0 Å². The largest absolute Gasteiger partial charge is 0.478 e. The van der Waals surface area contributed by atoms with E-state index in [1.165, 1.54) is 0 Å². The predicted molar refractivity (Wildman–Crippen MR) is 70.7 cm³/mol. The number of rotatable bonds is 4. The number of hydrogen-bond donors (Lipinski definition) is 1. The van der Waals surface area contributed by atoms with E-state index in [4.69, 9.17) is 4.74 Å². The van der Waals surface area contributed by atoms with Crippen molar-refractivity contribution in [1.82, 2.24) is 4.90 Å². The van der Waals surface area contributed by atoms with Gasteiger partial charge in [0.25, 0.3) is 0 Å². The summed E-state index contributed by atoms with van der Waals surface area (Å²) in [4.78, 5) is 13.1. The minimum absolute atomic E-state index is 0.207. The minimum atomic E-state index is -0.934. The van der Waals surface area contributed by atoms with Crippen molar-refractivity contribution in [3.8, 4) is 0 Å². The molecule has 0 spiro atoms. The highest BCUT2D eigenvalue weighted by Gasteiger charge is 2.27. The Kier molecular flexibility index (Phi) is 4.50. The van der Waals surface area contributed by atoms with Crippen LogP contribution < -0.4 is 0 Å². The molecule has 1 heterocycles. The van der Waals surface area contributed by atoms with E-state index in [1.807, 2.05) is 24.8 Å². The molecule has 1 rings (SSSR count). The van der Waals surface area contributed by atoms with E-state index in [0.717, 1.165) is 11.4 Å². The predicted octanol–water partition coefficient (Wildman–Crippen LogP) is 2.67. The highest BCUT2D eigenvalue weighted by Crippen LogP contribution is 2.32. The van der Waals surface area contributed by atoms with E-state index in [9.17, 15) is 9.90 Å². The lowest BCUT2D eigenvalue weighted by molar-refractivity contribution is -0.132. The van der Waals surface area contributed by atoms with Crippen LogP contribution in [0.15, 0.2) is 47.5 Å². The summed E-state index contributed by atoms with van der Waals surface area (Å²) < 4.78 is 5.32. The third-order valence-corrected chi connectivity index (χ3v) is 3.07.